The summed E-state index contributed by atoms with van der Waals surface area (Å²) < 4.78 is 25.6. The van der Waals surface area contributed by atoms with Crippen LogP contribution < -0.4 is 5.32 Å². The minimum Gasteiger partial charge on any atom is -0.394 e. The fourth-order valence-corrected chi connectivity index (χ4v) is 1.47. The number of nitrogens with one attached hydrogen (secondary N) is 1. The summed E-state index contributed by atoms with van der Waals surface area (Å²) in [6.45, 7) is 1.59. The number of benzene rings is 1. The molecule has 5 nitrogen and oxygen atoms in total. The second-order valence-electron chi connectivity index (χ2n) is 3.76. The van der Waals surface area contributed by atoms with Gasteiger partial charge in [-0.15, -0.1) is 0 Å². The molecule has 1 aromatic rings. The Morgan fingerprint density at radius 3 is 2.61 bits per heavy atom. The first kappa shape index (κ1) is 14.3. The zero-order valence-electron chi connectivity index (χ0n) is 9.77. The van der Waals surface area contributed by atoms with Crippen LogP contribution in [0, 0.1) is 10.1 Å². The minimum absolute atomic E-state index is 0.108. The van der Waals surface area contributed by atoms with Crippen molar-refractivity contribution in [3.05, 3.63) is 33.9 Å². The Morgan fingerprint density at radius 1 is 1.50 bits per heavy atom. The first-order chi connectivity index (χ1) is 8.49. The summed E-state index contributed by atoms with van der Waals surface area (Å²) in [5.41, 5.74) is -0.708. The second-order valence-corrected chi connectivity index (χ2v) is 3.76. The third-order valence-electron chi connectivity index (χ3n) is 2.55. The number of hydrogen-bond donors (Lipinski definition) is 2. The minimum atomic E-state index is -2.82. The molecule has 0 saturated heterocycles. The molecule has 18 heavy (non-hydrogen) atoms. The van der Waals surface area contributed by atoms with Gasteiger partial charge in [-0.25, -0.2) is 8.78 Å². The lowest BCUT2D eigenvalue weighted by atomic mass is 10.1. The van der Waals surface area contributed by atoms with Crippen LogP contribution in [0.25, 0.3) is 0 Å². The molecule has 0 aliphatic heterocycles. The lowest BCUT2D eigenvalue weighted by Crippen LogP contribution is -2.23. The molecular weight excluding hydrogens is 246 g/mol. The summed E-state index contributed by atoms with van der Waals surface area (Å²) in [4.78, 5) is 9.80. The molecule has 0 fully saturated rings. The van der Waals surface area contributed by atoms with E-state index in [-0.39, 0.29) is 24.0 Å². The molecule has 0 aliphatic rings. The van der Waals surface area contributed by atoms with Crippen LogP contribution in [0.2, 0.25) is 0 Å². The van der Waals surface area contributed by atoms with Crippen molar-refractivity contribution in [2.24, 2.45) is 0 Å². The lowest BCUT2D eigenvalue weighted by molar-refractivity contribution is -0.385. The average Bonchev–Trinajstić information content (AvgIpc) is 2.35. The quantitative estimate of drug-likeness (QED) is 0.609. The van der Waals surface area contributed by atoms with Crippen molar-refractivity contribution in [1.82, 2.24) is 0 Å². The monoisotopic (exact) mass is 260 g/mol. The number of non-ortho nitro benzene ring substituents is 1. The Morgan fingerprint density at radius 2 is 2.17 bits per heavy atom. The van der Waals surface area contributed by atoms with Gasteiger partial charge in [0.25, 0.3) is 12.1 Å². The Kier molecular flexibility index (Phi) is 4.96. The van der Waals surface area contributed by atoms with Crippen molar-refractivity contribution < 1.29 is 18.8 Å². The Balaban J connectivity index is 3.07. The van der Waals surface area contributed by atoms with Gasteiger partial charge in [-0.1, -0.05) is 6.92 Å². The van der Waals surface area contributed by atoms with Crippen molar-refractivity contribution in [2.75, 3.05) is 11.9 Å². The molecule has 0 saturated carbocycles. The van der Waals surface area contributed by atoms with Crippen LogP contribution in [0.3, 0.4) is 0 Å². The second kappa shape index (κ2) is 6.25. The van der Waals surface area contributed by atoms with Crippen molar-refractivity contribution in [1.29, 1.82) is 0 Å². The van der Waals surface area contributed by atoms with Crippen molar-refractivity contribution >= 4 is 11.4 Å². The fourth-order valence-electron chi connectivity index (χ4n) is 1.47. The van der Waals surface area contributed by atoms with Crippen LogP contribution in [0.4, 0.5) is 20.2 Å². The lowest BCUT2D eigenvalue weighted by Gasteiger charge is -2.18. The molecule has 7 heteroatoms. The standard InChI is InChI=1S/C11H14F2N2O3/c1-2-7(6-16)14-10-4-3-8(15(17)18)5-9(10)11(12)13/h3-5,7,11,14,16H,2,6H2,1H3. The van der Waals surface area contributed by atoms with E-state index in [0.29, 0.717) is 6.42 Å². The molecule has 1 atom stereocenters. The maximum atomic E-state index is 12.8. The molecule has 100 valence electrons. The summed E-state index contributed by atoms with van der Waals surface area (Å²) in [7, 11) is 0. The maximum Gasteiger partial charge on any atom is 0.270 e. The van der Waals surface area contributed by atoms with E-state index >= 15 is 0 Å². The van der Waals surface area contributed by atoms with Gasteiger partial charge in [-0.3, -0.25) is 10.1 Å². The molecular formula is C11H14F2N2O3. The largest absolute Gasteiger partial charge is 0.394 e. The highest BCUT2D eigenvalue weighted by molar-refractivity contribution is 5.57. The molecule has 1 aromatic carbocycles. The number of alkyl halides is 2. The number of hydrogen-bond acceptors (Lipinski definition) is 4. The highest BCUT2D eigenvalue weighted by Crippen LogP contribution is 2.31. The molecule has 0 radical (unpaired) electrons. The van der Waals surface area contributed by atoms with Gasteiger partial charge < -0.3 is 10.4 Å². The van der Waals surface area contributed by atoms with Crippen LogP contribution in [0.15, 0.2) is 18.2 Å². The molecule has 0 aliphatic carbocycles. The molecule has 0 aromatic heterocycles. The van der Waals surface area contributed by atoms with Gasteiger partial charge in [0, 0.05) is 29.4 Å². The molecule has 0 amide bonds. The summed E-state index contributed by atoms with van der Waals surface area (Å²) in [6, 6.07) is 2.87. The van der Waals surface area contributed by atoms with Gasteiger partial charge in [0.05, 0.1) is 11.5 Å². The zero-order valence-corrected chi connectivity index (χ0v) is 9.77. The first-order valence-corrected chi connectivity index (χ1v) is 5.43. The number of nitro groups is 1. The van der Waals surface area contributed by atoms with Crippen molar-refractivity contribution in [3.8, 4) is 0 Å². The van der Waals surface area contributed by atoms with Crippen LogP contribution in [0.1, 0.15) is 25.3 Å². The average molecular weight is 260 g/mol. The normalized spacial score (nSPS) is 12.5. The van der Waals surface area contributed by atoms with Gasteiger partial charge in [-0.05, 0) is 12.5 Å². The van der Waals surface area contributed by atoms with E-state index in [1.165, 1.54) is 6.07 Å². The molecule has 1 unspecified atom stereocenters. The van der Waals surface area contributed by atoms with Gasteiger partial charge in [-0.2, -0.15) is 0 Å². The summed E-state index contributed by atoms with van der Waals surface area (Å²) in [6.07, 6.45) is -2.26. The van der Waals surface area contributed by atoms with Crippen LogP contribution in [0.5, 0.6) is 0 Å². The number of halogens is 2. The molecule has 2 N–H and O–H groups in total. The predicted molar refractivity (Wildman–Crippen MR) is 62.8 cm³/mol. The number of anilines is 1. The third kappa shape index (κ3) is 3.36. The smallest absolute Gasteiger partial charge is 0.270 e. The van der Waals surface area contributed by atoms with Gasteiger partial charge in [0.1, 0.15) is 0 Å². The van der Waals surface area contributed by atoms with E-state index in [1.807, 2.05) is 0 Å². The number of aliphatic hydroxyl groups excluding tert-OH is 1. The molecule has 0 heterocycles. The van der Waals surface area contributed by atoms with Crippen molar-refractivity contribution in [3.63, 3.8) is 0 Å². The third-order valence-corrected chi connectivity index (χ3v) is 2.55. The fraction of sp³-hybridized carbons (Fsp3) is 0.455. The zero-order chi connectivity index (χ0) is 13.7. The van der Waals surface area contributed by atoms with E-state index in [1.54, 1.807) is 6.92 Å². The highest BCUT2D eigenvalue weighted by atomic mass is 19.3. The number of nitro benzene ring substituents is 1. The Bertz CT molecular complexity index is 423. The summed E-state index contributed by atoms with van der Waals surface area (Å²) >= 11 is 0. The molecule has 1 rings (SSSR count). The van der Waals surface area contributed by atoms with Gasteiger partial charge in [0.2, 0.25) is 0 Å². The number of nitrogens with zero attached hydrogens (tertiary/aromatic N) is 1. The predicted octanol–water partition coefficient (Wildman–Crippen LogP) is 2.72. The van der Waals surface area contributed by atoms with Crippen LogP contribution >= 0.6 is 0 Å². The van der Waals surface area contributed by atoms with Crippen LogP contribution in [-0.2, 0) is 0 Å². The number of rotatable bonds is 6. The SMILES string of the molecule is CCC(CO)Nc1ccc([N+](=O)[O-])cc1C(F)F. The van der Waals surface area contributed by atoms with E-state index in [0.717, 1.165) is 12.1 Å². The highest BCUT2D eigenvalue weighted by Gasteiger charge is 2.19. The maximum absolute atomic E-state index is 12.8. The van der Waals surface area contributed by atoms with E-state index in [9.17, 15) is 18.9 Å². The molecule has 0 bridgehead atoms. The van der Waals surface area contributed by atoms with Gasteiger partial charge >= 0.3 is 0 Å². The Labute approximate surface area is 103 Å². The summed E-state index contributed by atoms with van der Waals surface area (Å²) in [5, 5.41) is 22.3. The van der Waals surface area contributed by atoms with Crippen LogP contribution in [-0.4, -0.2) is 22.7 Å². The van der Waals surface area contributed by atoms with Gasteiger partial charge in [0.15, 0.2) is 0 Å². The molecule has 0 spiro atoms. The number of aliphatic hydroxyl groups is 1. The topological polar surface area (TPSA) is 75.4 Å². The van der Waals surface area contributed by atoms with E-state index in [4.69, 9.17) is 5.11 Å². The van der Waals surface area contributed by atoms with E-state index in [2.05, 4.69) is 5.32 Å². The van der Waals surface area contributed by atoms with E-state index < -0.39 is 16.9 Å². The first-order valence-electron chi connectivity index (χ1n) is 5.43. The Hall–Kier alpha value is -1.76. The summed E-state index contributed by atoms with van der Waals surface area (Å²) in [5.74, 6) is 0. The van der Waals surface area contributed by atoms with Crippen molar-refractivity contribution in [2.45, 2.75) is 25.8 Å².